The molecule has 2 amide bonds. The summed E-state index contributed by atoms with van der Waals surface area (Å²) in [7, 11) is 0. The molecule has 23 heavy (non-hydrogen) atoms. The molecule has 2 atom stereocenters. The lowest BCUT2D eigenvalue weighted by Gasteiger charge is -2.27. The van der Waals surface area contributed by atoms with Crippen LogP contribution in [0, 0.1) is 29.3 Å². The number of morpholine rings is 1. The van der Waals surface area contributed by atoms with Gasteiger partial charge in [-0.1, -0.05) is 0 Å². The van der Waals surface area contributed by atoms with E-state index in [1.165, 1.54) is 0 Å². The number of carbonyl (C=O) groups excluding carboxylic acids is 2. The standard InChI is InChI=1S/C15H15F3N2O3/c16-10-1-2-11(13(18)12(10)17)19-14(21)8-7-9(8)15(22)20-3-5-23-6-4-20/h1-2,8-9H,3-7H2,(H,19,21). The van der Waals surface area contributed by atoms with Crippen LogP contribution in [0.4, 0.5) is 18.9 Å². The van der Waals surface area contributed by atoms with Crippen molar-refractivity contribution in [3.8, 4) is 0 Å². The van der Waals surface area contributed by atoms with E-state index in [2.05, 4.69) is 5.32 Å². The lowest BCUT2D eigenvalue weighted by molar-refractivity contribution is -0.137. The Morgan fingerprint density at radius 1 is 1.09 bits per heavy atom. The lowest BCUT2D eigenvalue weighted by atomic mass is 10.2. The van der Waals surface area contributed by atoms with Gasteiger partial charge in [0.2, 0.25) is 11.8 Å². The smallest absolute Gasteiger partial charge is 0.228 e. The first-order valence-corrected chi connectivity index (χ1v) is 7.30. The normalized spacial score (nSPS) is 23.5. The molecular formula is C15H15F3N2O3. The highest BCUT2D eigenvalue weighted by molar-refractivity contribution is 5.99. The highest BCUT2D eigenvalue weighted by Gasteiger charge is 2.49. The number of halogens is 3. The Hall–Kier alpha value is -2.09. The molecule has 0 bridgehead atoms. The topological polar surface area (TPSA) is 58.6 Å². The number of ether oxygens (including phenoxy) is 1. The van der Waals surface area contributed by atoms with Gasteiger partial charge in [0.05, 0.1) is 30.7 Å². The number of amides is 2. The van der Waals surface area contributed by atoms with Crippen molar-refractivity contribution in [3.63, 3.8) is 0 Å². The third-order valence-corrected chi connectivity index (χ3v) is 4.06. The van der Waals surface area contributed by atoms with E-state index in [-0.39, 0.29) is 5.91 Å². The van der Waals surface area contributed by atoms with Gasteiger partial charge < -0.3 is 15.0 Å². The minimum Gasteiger partial charge on any atom is -0.378 e. The molecule has 0 spiro atoms. The first kappa shape index (κ1) is 15.8. The number of anilines is 1. The summed E-state index contributed by atoms with van der Waals surface area (Å²) in [5.41, 5.74) is -0.432. The molecule has 1 N–H and O–H groups in total. The van der Waals surface area contributed by atoms with Gasteiger partial charge in [0, 0.05) is 13.1 Å². The summed E-state index contributed by atoms with van der Waals surface area (Å²) in [4.78, 5) is 25.9. The Morgan fingerprint density at radius 2 is 1.78 bits per heavy atom. The zero-order valence-corrected chi connectivity index (χ0v) is 12.2. The van der Waals surface area contributed by atoms with Crippen molar-refractivity contribution in [2.75, 3.05) is 31.6 Å². The van der Waals surface area contributed by atoms with Crippen molar-refractivity contribution in [1.82, 2.24) is 4.90 Å². The van der Waals surface area contributed by atoms with E-state index in [9.17, 15) is 22.8 Å². The first-order chi connectivity index (χ1) is 11.0. The van der Waals surface area contributed by atoms with E-state index in [1.54, 1.807) is 4.90 Å². The van der Waals surface area contributed by atoms with Crippen LogP contribution in [0.25, 0.3) is 0 Å². The zero-order valence-electron chi connectivity index (χ0n) is 12.2. The van der Waals surface area contributed by atoms with Gasteiger partial charge in [-0.3, -0.25) is 9.59 Å². The van der Waals surface area contributed by atoms with E-state index in [4.69, 9.17) is 4.74 Å². The van der Waals surface area contributed by atoms with Gasteiger partial charge >= 0.3 is 0 Å². The second-order valence-corrected chi connectivity index (χ2v) is 5.60. The monoisotopic (exact) mass is 328 g/mol. The third-order valence-electron chi connectivity index (χ3n) is 4.06. The second-order valence-electron chi connectivity index (χ2n) is 5.60. The van der Waals surface area contributed by atoms with E-state index in [1.807, 2.05) is 0 Å². The van der Waals surface area contributed by atoms with Crippen molar-refractivity contribution in [2.45, 2.75) is 6.42 Å². The molecule has 1 aliphatic carbocycles. The maximum absolute atomic E-state index is 13.5. The average molecular weight is 328 g/mol. The maximum Gasteiger partial charge on any atom is 0.228 e. The van der Waals surface area contributed by atoms with Crippen LogP contribution in [0.5, 0.6) is 0 Å². The van der Waals surface area contributed by atoms with Gasteiger partial charge in [-0.15, -0.1) is 0 Å². The molecule has 0 aromatic heterocycles. The summed E-state index contributed by atoms with van der Waals surface area (Å²) in [6, 6.07) is 1.68. The predicted octanol–water partition coefficient (Wildman–Crippen LogP) is 1.54. The van der Waals surface area contributed by atoms with Crippen molar-refractivity contribution in [3.05, 3.63) is 29.6 Å². The number of hydrogen-bond acceptors (Lipinski definition) is 3. The minimum absolute atomic E-state index is 0.126. The van der Waals surface area contributed by atoms with Gasteiger partial charge in [0.1, 0.15) is 0 Å². The van der Waals surface area contributed by atoms with E-state index in [0.717, 1.165) is 12.1 Å². The maximum atomic E-state index is 13.5. The summed E-state index contributed by atoms with van der Waals surface area (Å²) in [5.74, 6) is -6.12. The molecule has 124 valence electrons. The quantitative estimate of drug-likeness (QED) is 0.856. The van der Waals surface area contributed by atoms with Gasteiger partial charge in [-0.2, -0.15) is 0 Å². The fourth-order valence-corrected chi connectivity index (χ4v) is 2.62. The van der Waals surface area contributed by atoms with E-state index < -0.39 is 40.9 Å². The zero-order chi connectivity index (χ0) is 16.6. The Balaban J connectivity index is 1.60. The van der Waals surface area contributed by atoms with Crippen LogP contribution in [0.15, 0.2) is 12.1 Å². The van der Waals surface area contributed by atoms with Crippen LogP contribution in [-0.2, 0) is 14.3 Å². The average Bonchev–Trinajstić information content (AvgIpc) is 3.36. The van der Waals surface area contributed by atoms with Crippen LogP contribution in [0.1, 0.15) is 6.42 Å². The Kier molecular flexibility index (Phi) is 4.25. The van der Waals surface area contributed by atoms with Crippen molar-refractivity contribution in [1.29, 1.82) is 0 Å². The van der Waals surface area contributed by atoms with E-state index in [0.29, 0.717) is 32.7 Å². The number of nitrogens with one attached hydrogen (secondary N) is 1. The number of hydrogen-bond donors (Lipinski definition) is 1. The minimum atomic E-state index is -1.64. The SMILES string of the molecule is O=C(Nc1ccc(F)c(F)c1F)C1CC1C(=O)N1CCOCC1. The van der Waals surface area contributed by atoms with Crippen LogP contribution in [0.3, 0.4) is 0 Å². The molecule has 8 heteroatoms. The molecule has 2 aliphatic rings. The molecule has 2 unspecified atom stereocenters. The molecule has 1 heterocycles. The highest BCUT2D eigenvalue weighted by atomic mass is 19.2. The molecule has 1 aromatic carbocycles. The summed E-state index contributed by atoms with van der Waals surface area (Å²) in [6.07, 6.45) is 0.368. The summed E-state index contributed by atoms with van der Waals surface area (Å²) >= 11 is 0. The fraction of sp³-hybridized carbons (Fsp3) is 0.467. The summed E-state index contributed by atoms with van der Waals surface area (Å²) in [5, 5.41) is 2.21. The lowest BCUT2D eigenvalue weighted by Crippen LogP contribution is -2.42. The Morgan fingerprint density at radius 3 is 2.48 bits per heavy atom. The molecule has 1 aromatic rings. The van der Waals surface area contributed by atoms with Gasteiger partial charge in [-0.05, 0) is 18.6 Å². The van der Waals surface area contributed by atoms with Crippen molar-refractivity contribution >= 4 is 17.5 Å². The third kappa shape index (κ3) is 3.17. The molecule has 2 fully saturated rings. The van der Waals surface area contributed by atoms with Crippen LogP contribution < -0.4 is 5.32 Å². The molecule has 1 aliphatic heterocycles. The highest BCUT2D eigenvalue weighted by Crippen LogP contribution is 2.41. The molecule has 3 rings (SSSR count). The molecule has 1 saturated heterocycles. The molecule has 1 saturated carbocycles. The number of rotatable bonds is 3. The Bertz CT molecular complexity index is 647. The van der Waals surface area contributed by atoms with E-state index >= 15 is 0 Å². The fourth-order valence-electron chi connectivity index (χ4n) is 2.62. The Labute approximate surface area is 130 Å². The second kappa shape index (κ2) is 6.19. The number of benzene rings is 1. The molecule has 0 radical (unpaired) electrons. The van der Waals surface area contributed by atoms with Crippen LogP contribution in [-0.4, -0.2) is 43.0 Å². The van der Waals surface area contributed by atoms with Crippen LogP contribution in [0.2, 0.25) is 0 Å². The summed E-state index contributed by atoms with van der Waals surface area (Å²) in [6.45, 7) is 1.91. The largest absolute Gasteiger partial charge is 0.378 e. The van der Waals surface area contributed by atoms with Crippen LogP contribution >= 0.6 is 0 Å². The van der Waals surface area contributed by atoms with Gasteiger partial charge in [-0.25, -0.2) is 13.2 Å². The van der Waals surface area contributed by atoms with Gasteiger partial charge in [0.15, 0.2) is 17.5 Å². The molecular weight excluding hydrogens is 313 g/mol. The number of carbonyl (C=O) groups is 2. The number of nitrogens with zero attached hydrogens (tertiary/aromatic N) is 1. The first-order valence-electron chi connectivity index (χ1n) is 7.30. The predicted molar refractivity (Wildman–Crippen MR) is 73.9 cm³/mol. The van der Waals surface area contributed by atoms with Gasteiger partial charge in [0.25, 0.3) is 0 Å². The van der Waals surface area contributed by atoms with Crippen molar-refractivity contribution in [2.24, 2.45) is 11.8 Å². The molecule has 5 nitrogen and oxygen atoms in total. The van der Waals surface area contributed by atoms with Crippen molar-refractivity contribution < 1.29 is 27.5 Å². The summed E-state index contributed by atoms with van der Waals surface area (Å²) < 4.78 is 44.7.